The molecule has 9 N–H and O–H groups in total. The number of aliphatic hydroxyl groups is 9. The summed E-state index contributed by atoms with van der Waals surface area (Å²) < 4.78 is 23.3. The topological polar surface area (TPSA) is 219 Å². The van der Waals surface area contributed by atoms with E-state index in [-0.39, 0.29) is 0 Å². The molecule has 2 saturated heterocycles. The monoisotopic (exact) mass is 580 g/mol. The molecule has 13 nitrogen and oxygen atoms in total. The van der Waals surface area contributed by atoms with Gasteiger partial charge in [-0.05, 0) is 19.1 Å². The number of para-hydroxylation sites is 1. The molecule has 15 atom stereocenters. The van der Waals surface area contributed by atoms with Crippen molar-refractivity contribution in [1.82, 2.24) is 0 Å². The number of rotatable bonds is 12. The van der Waals surface area contributed by atoms with Gasteiger partial charge in [-0.2, -0.15) is 0 Å². The van der Waals surface area contributed by atoms with E-state index in [4.69, 9.17) is 18.9 Å². The summed E-state index contributed by atoms with van der Waals surface area (Å²) in [4.78, 5) is 0. The van der Waals surface area contributed by atoms with Crippen molar-refractivity contribution in [3.05, 3.63) is 30.3 Å². The molecule has 0 saturated carbocycles. The van der Waals surface area contributed by atoms with E-state index < -0.39 is 113 Å². The van der Waals surface area contributed by atoms with Crippen molar-refractivity contribution in [2.45, 2.75) is 92.7 Å². The Balaban J connectivity index is 1.72. The molecule has 0 aliphatic carbocycles. The summed E-state index contributed by atoms with van der Waals surface area (Å²) in [7, 11) is -0.594. The lowest BCUT2D eigenvalue weighted by Gasteiger charge is -2.47. The zero-order valence-electron chi connectivity index (χ0n) is 21.7. The molecule has 2 aliphatic heterocycles. The van der Waals surface area contributed by atoms with Crippen molar-refractivity contribution in [1.29, 1.82) is 0 Å². The van der Waals surface area contributed by atoms with Crippen LogP contribution in [-0.2, 0) is 14.2 Å². The summed E-state index contributed by atoms with van der Waals surface area (Å²) in [5.74, 6) is -1.28. The second-order valence-electron chi connectivity index (χ2n) is 10.0. The van der Waals surface area contributed by atoms with Gasteiger partial charge in [-0.3, -0.25) is 0 Å². The highest BCUT2D eigenvalue weighted by Gasteiger charge is 2.51. The van der Waals surface area contributed by atoms with Gasteiger partial charge < -0.3 is 64.9 Å². The van der Waals surface area contributed by atoms with E-state index in [1.807, 2.05) is 6.07 Å². The fraction of sp³-hybridized carbons (Fsp3) is 0.760. The maximum absolute atomic E-state index is 11.0. The Hall–Kier alpha value is -1.03. The summed E-state index contributed by atoms with van der Waals surface area (Å²) in [6.07, 6.45) is -14.3. The molecule has 224 valence electrons. The number of benzene rings is 1. The Bertz CT molecular complexity index is 847. The molecule has 0 aromatic heterocycles. The standard InChI is InChI=1S/C25H41O13P/c1-11-17(31)24(36-15(9-27)21(11)35-13-6-4-3-5-7-13)38-22-16(10-28)37-25(20(34)19(22)33)39-23(14(30)8-26)18(32)12(2)29/h3-7,11-12,14-34,39H,8-10H2,1-2H3. The second kappa shape index (κ2) is 14.7. The number of hydrogen-bond acceptors (Lipinski definition) is 13. The van der Waals surface area contributed by atoms with Crippen molar-refractivity contribution in [3.8, 4) is 5.75 Å². The Morgan fingerprint density at radius 1 is 0.872 bits per heavy atom. The van der Waals surface area contributed by atoms with E-state index in [9.17, 15) is 46.0 Å². The molecule has 0 bridgehead atoms. The summed E-state index contributed by atoms with van der Waals surface area (Å²) in [6.45, 7) is 1.13. The van der Waals surface area contributed by atoms with Gasteiger partial charge in [0, 0.05) is 11.6 Å². The smallest absolute Gasteiger partial charge is 0.185 e. The van der Waals surface area contributed by atoms with Gasteiger partial charge in [-0.15, -0.1) is 0 Å². The highest BCUT2D eigenvalue weighted by Crippen LogP contribution is 2.40. The summed E-state index contributed by atoms with van der Waals surface area (Å²) in [6, 6.07) is 8.81. The molecule has 2 aliphatic rings. The van der Waals surface area contributed by atoms with Gasteiger partial charge >= 0.3 is 0 Å². The first-order valence-corrected chi connectivity index (χ1v) is 14.0. The fourth-order valence-electron chi connectivity index (χ4n) is 4.80. The maximum Gasteiger partial charge on any atom is 0.185 e. The Morgan fingerprint density at radius 2 is 1.49 bits per heavy atom. The molecule has 3 rings (SSSR count). The molecule has 39 heavy (non-hydrogen) atoms. The van der Waals surface area contributed by atoms with Crippen LogP contribution >= 0.6 is 8.58 Å². The number of hydrogen-bond donors (Lipinski definition) is 9. The van der Waals surface area contributed by atoms with E-state index in [0.717, 1.165) is 0 Å². The third-order valence-corrected chi connectivity index (χ3v) is 9.10. The summed E-state index contributed by atoms with van der Waals surface area (Å²) >= 11 is 0. The summed E-state index contributed by atoms with van der Waals surface area (Å²) in [5.41, 5.74) is -1.10. The first-order chi connectivity index (χ1) is 18.5. The van der Waals surface area contributed by atoms with Gasteiger partial charge in [0.1, 0.15) is 54.3 Å². The van der Waals surface area contributed by atoms with Crippen molar-refractivity contribution < 1.29 is 64.9 Å². The fourth-order valence-corrected chi connectivity index (χ4v) is 6.63. The minimum Gasteiger partial charge on any atom is -0.487 e. The van der Waals surface area contributed by atoms with Crippen molar-refractivity contribution in [3.63, 3.8) is 0 Å². The number of aliphatic hydroxyl groups excluding tert-OH is 9. The lowest BCUT2D eigenvalue weighted by molar-refractivity contribution is -0.328. The van der Waals surface area contributed by atoms with Gasteiger partial charge in [0.05, 0.1) is 38.1 Å². The second-order valence-corrected chi connectivity index (χ2v) is 11.6. The van der Waals surface area contributed by atoms with Crippen LogP contribution in [0, 0.1) is 5.92 Å². The van der Waals surface area contributed by atoms with Crippen LogP contribution in [0.5, 0.6) is 5.75 Å². The van der Waals surface area contributed by atoms with Crippen molar-refractivity contribution in [2.75, 3.05) is 19.8 Å². The van der Waals surface area contributed by atoms with Crippen molar-refractivity contribution >= 4 is 8.58 Å². The predicted octanol–water partition coefficient (Wildman–Crippen LogP) is -2.89. The maximum atomic E-state index is 11.0. The molecular formula is C25H41O13P. The van der Waals surface area contributed by atoms with E-state index in [1.54, 1.807) is 31.2 Å². The molecule has 0 radical (unpaired) electrons. The molecule has 0 amide bonds. The van der Waals surface area contributed by atoms with E-state index in [1.165, 1.54) is 6.92 Å². The van der Waals surface area contributed by atoms with Crippen LogP contribution in [0.1, 0.15) is 13.8 Å². The van der Waals surface area contributed by atoms with Crippen LogP contribution in [0.15, 0.2) is 30.3 Å². The third-order valence-electron chi connectivity index (χ3n) is 7.18. The largest absolute Gasteiger partial charge is 0.487 e. The lowest BCUT2D eigenvalue weighted by Crippen LogP contribution is -2.63. The molecule has 2 heterocycles. The first kappa shape index (κ1) is 32.5. The van der Waals surface area contributed by atoms with Gasteiger partial charge in [0.2, 0.25) is 0 Å². The molecule has 1 aromatic rings. The quantitative estimate of drug-likeness (QED) is 0.114. The molecule has 14 heteroatoms. The molecule has 1 aromatic carbocycles. The molecule has 2 fully saturated rings. The van der Waals surface area contributed by atoms with Crippen LogP contribution < -0.4 is 4.74 Å². The zero-order chi connectivity index (χ0) is 28.9. The number of ether oxygens (including phenoxy) is 4. The summed E-state index contributed by atoms with van der Waals surface area (Å²) in [5, 5.41) is 92.3. The SMILES string of the molecule is CC(O)C(O)C(PC1OC(CO)C(OC2OC(CO)C(Oc3ccccc3)C(C)C2O)C(O)C1O)C(O)CO. The van der Waals surface area contributed by atoms with Crippen LogP contribution in [-0.4, -0.2) is 145 Å². The first-order valence-electron chi connectivity index (χ1n) is 12.9. The van der Waals surface area contributed by atoms with E-state index >= 15 is 0 Å². The highest BCUT2D eigenvalue weighted by atomic mass is 31.1. The van der Waals surface area contributed by atoms with Gasteiger partial charge in [0.15, 0.2) is 6.29 Å². The van der Waals surface area contributed by atoms with Crippen LogP contribution in [0.2, 0.25) is 0 Å². The minimum absolute atomic E-state index is 0.465. The van der Waals surface area contributed by atoms with E-state index in [2.05, 4.69) is 0 Å². The molecule has 0 spiro atoms. The Labute approximate surface area is 228 Å². The lowest BCUT2D eigenvalue weighted by atomic mass is 9.90. The average Bonchev–Trinajstić information content (AvgIpc) is 2.94. The molecule has 15 unspecified atom stereocenters. The third kappa shape index (κ3) is 7.63. The van der Waals surface area contributed by atoms with Gasteiger partial charge in [-0.1, -0.05) is 33.7 Å². The van der Waals surface area contributed by atoms with Crippen LogP contribution in [0.4, 0.5) is 0 Å². The van der Waals surface area contributed by atoms with Gasteiger partial charge in [-0.25, -0.2) is 0 Å². The Morgan fingerprint density at radius 3 is 2.05 bits per heavy atom. The normalized spacial score (nSPS) is 38.8. The highest BCUT2D eigenvalue weighted by molar-refractivity contribution is 7.39. The predicted molar refractivity (Wildman–Crippen MR) is 137 cm³/mol. The Kier molecular flexibility index (Phi) is 12.3. The van der Waals surface area contributed by atoms with Crippen LogP contribution in [0.3, 0.4) is 0 Å². The minimum atomic E-state index is -1.65. The average molecular weight is 581 g/mol. The van der Waals surface area contributed by atoms with Gasteiger partial charge in [0.25, 0.3) is 0 Å². The van der Waals surface area contributed by atoms with E-state index in [0.29, 0.717) is 5.75 Å². The molecular weight excluding hydrogens is 539 g/mol. The zero-order valence-corrected chi connectivity index (χ0v) is 22.7. The van der Waals surface area contributed by atoms with Crippen LogP contribution in [0.25, 0.3) is 0 Å². The van der Waals surface area contributed by atoms with Crippen molar-refractivity contribution in [2.24, 2.45) is 5.92 Å².